The van der Waals surface area contributed by atoms with Crippen LogP contribution < -0.4 is 11.1 Å². The molecule has 2 aromatic rings. The van der Waals surface area contributed by atoms with E-state index in [2.05, 4.69) is 5.32 Å². The maximum absolute atomic E-state index is 11.9. The van der Waals surface area contributed by atoms with E-state index in [0.717, 1.165) is 11.3 Å². The van der Waals surface area contributed by atoms with Gasteiger partial charge in [-0.25, -0.2) is 0 Å². The molecule has 86 valence electrons. The monoisotopic (exact) mass is 226 g/mol. The number of amides is 1. The van der Waals surface area contributed by atoms with Crippen molar-refractivity contribution < 1.29 is 4.79 Å². The minimum absolute atomic E-state index is 0.131. The topological polar surface area (TPSA) is 55.1 Å². The van der Waals surface area contributed by atoms with Crippen molar-refractivity contribution in [3.05, 3.63) is 59.7 Å². The molecule has 0 atom stereocenters. The Morgan fingerprint density at radius 1 is 1.00 bits per heavy atom. The molecule has 1 amide bonds. The first-order valence-electron chi connectivity index (χ1n) is 5.39. The van der Waals surface area contributed by atoms with Gasteiger partial charge >= 0.3 is 0 Å². The van der Waals surface area contributed by atoms with Crippen molar-refractivity contribution >= 4 is 17.3 Å². The van der Waals surface area contributed by atoms with E-state index in [-0.39, 0.29) is 5.91 Å². The summed E-state index contributed by atoms with van der Waals surface area (Å²) in [5.74, 6) is -0.131. The van der Waals surface area contributed by atoms with Gasteiger partial charge in [-0.15, -0.1) is 0 Å². The summed E-state index contributed by atoms with van der Waals surface area (Å²) in [6.45, 7) is 2.01. The van der Waals surface area contributed by atoms with E-state index in [1.807, 2.05) is 31.2 Å². The van der Waals surface area contributed by atoms with Crippen molar-refractivity contribution in [2.45, 2.75) is 6.92 Å². The second kappa shape index (κ2) is 4.70. The van der Waals surface area contributed by atoms with Crippen molar-refractivity contribution in [1.82, 2.24) is 0 Å². The third kappa shape index (κ3) is 2.84. The Morgan fingerprint density at radius 3 is 2.18 bits per heavy atom. The van der Waals surface area contributed by atoms with Crippen LogP contribution in [-0.4, -0.2) is 5.91 Å². The van der Waals surface area contributed by atoms with E-state index in [1.165, 1.54) is 0 Å². The van der Waals surface area contributed by atoms with Crippen molar-refractivity contribution in [2.75, 3.05) is 11.1 Å². The molecule has 0 aliphatic carbocycles. The molecule has 3 heteroatoms. The second-order valence-corrected chi connectivity index (χ2v) is 3.94. The van der Waals surface area contributed by atoms with Crippen LogP contribution in [-0.2, 0) is 0 Å². The van der Waals surface area contributed by atoms with Gasteiger partial charge in [0.15, 0.2) is 0 Å². The molecule has 0 aliphatic heterocycles. The Balaban J connectivity index is 2.11. The smallest absolute Gasteiger partial charge is 0.255 e. The number of hydrogen-bond acceptors (Lipinski definition) is 2. The standard InChI is InChI=1S/C14H14N2O/c1-10-2-8-13(9-3-10)16-14(17)11-4-6-12(15)7-5-11/h2-9H,15H2,1H3,(H,16,17). The van der Waals surface area contributed by atoms with Crippen LogP contribution in [0.5, 0.6) is 0 Å². The van der Waals surface area contributed by atoms with Gasteiger partial charge in [-0.1, -0.05) is 17.7 Å². The molecule has 17 heavy (non-hydrogen) atoms. The molecule has 0 fully saturated rings. The van der Waals surface area contributed by atoms with Crippen LogP contribution in [0.3, 0.4) is 0 Å². The van der Waals surface area contributed by atoms with Gasteiger partial charge in [-0.05, 0) is 43.3 Å². The van der Waals surface area contributed by atoms with E-state index in [9.17, 15) is 4.79 Å². The van der Waals surface area contributed by atoms with Crippen molar-refractivity contribution in [3.63, 3.8) is 0 Å². The maximum Gasteiger partial charge on any atom is 0.255 e. The zero-order valence-corrected chi connectivity index (χ0v) is 9.60. The van der Waals surface area contributed by atoms with Gasteiger partial charge in [0, 0.05) is 16.9 Å². The SMILES string of the molecule is Cc1ccc(NC(=O)c2ccc(N)cc2)cc1. The van der Waals surface area contributed by atoms with Gasteiger partial charge in [0.25, 0.3) is 5.91 Å². The molecule has 0 spiro atoms. The maximum atomic E-state index is 11.9. The van der Waals surface area contributed by atoms with Crippen LogP contribution in [0.4, 0.5) is 11.4 Å². The van der Waals surface area contributed by atoms with Crippen LogP contribution in [0, 0.1) is 6.92 Å². The molecule has 2 rings (SSSR count). The zero-order chi connectivity index (χ0) is 12.3. The minimum atomic E-state index is -0.131. The van der Waals surface area contributed by atoms with Gasteiger partial charge < -0.3 is 11.1 Å². The third-order valence-corrected chi connectivity index (χ3v) is 2.48. The quantitative estimate of drug-likeness (QED) is 0.773. The molecule has 0 heterocycles. The lowest BCUT2D eigenvalue weighted by atomic mass is 10.2. The average molecular weight is 226 g/mol. The summed E-state index contributed by atoms with van der Waals surface area (Å²) in [7, 11) is 0. The fourth-order valence-electron chi connectivity index (χ4n) is 1.47. The Bertz CT molecular complexity index is 515. The summed E-state index contributed by atoms with van der Waals surface area (Å²) < 4.78 is 0. The van der Waals surface area contributed by atoms with Crippen LogP contribution in [0.15, 0.2) is 48.5 Å². The number of hydrogen-bond donors (Lipinski definition) is 2. The largest absolute Gasteiger partial charge is 0.399 e. The van der Waals surface area contributed by atoms with Gasteiger partial charge in [-0.3, -0.25) is 4.79 Å². The van der Waals surface area contributed by atoms with Gasteiger partial charge in [0.2, 0.25) is 0 Å². The number of benzene rings is 2. The van der Waals surface area contributed by atoms with E-state index < -0.39 is 0 Å². The number of carbonyl (C=O) groups is 1. The number of nitrogens with one attached hydrogen (secondary N) is 1. The van der Waals surface area contributed by atoms with Gasteiger partial charge in [0.1, 0.15) is 0 Å². The summed E-state index contributed by atoms with van der Waals surface area (Å²) in [4.78, 5) is 11.9. The minimum Gasteiger partial charge on any atom is -0.399 e. The van der Waals surface area contributed by atoms with E-state index in [1.54, 1.807) is 24.3 Å². The fourth-order valence-corrected chi connectivity index (χ4v) is 1.47. The van der Waals surface area contributed by atoms with E-state index >= 15 is 0 Å². The van der Waals surface area contributed by atoms with Crippen LogP contribution in [0.2, 0.25) is 0 Å². The fraction of sp³-hybridized carbons (Fsp3) is 0.0714. The molecular formula is C14H14N2O. The number of carbonyl (C=O) groups excluding carboxylic acids is 1. The molecule has 0 aliphatic rings. The molecule has 3 nitrogen and oxygen atoms in total. The lowest BCUT2D eigenvalue weighted by Gasteiger charge is -2.05. The van der Waals surface area contributed by atoms with Crippen LogP contribution >= 0.6 is 0 Å². The highest BCUT2D eigenvalue weighted by Crippen LogP contribution is 2.11. The Kier molecular flexibility index (Phi) is 3.10. The highest BCUT2D eigenvalue weighted by molar-refractivity contribution is 6.04. The number of aryl methyl sites for hydroxylation is 1. The highest BCUT2D eigenvalue weighted by atomic mass is 16.1. The molecular weight excluding hydrogens is 212 g/mol. The Hall–Kier alpha value is -2.29. The first-order valence-corrected chi connectivity index (χ1v) is 5.39. The van der Waals surface area contributed by atoms with E-state index in [0.29, 0.717) is 11.3 Å². The molecule has 0 radical (unpaired) electrons. The number of nitrogens with two attached hydrogens (primary N) is 1. The molecule has 0 aromatic heterocycles. The lowest BCUT2D eigenvalue weighted by molar-refractivity contribution is 0.102. The summed E-state index contributed by atoms with van der Waals surface area (Å²) in [5.41, 5.74) is 8.76. The lowest BCUT2D eigenvalue weighted by Crippen LogP contribution is -2.11. The Labute approximate surface area is 100 Å². The first kappa shape index (κ1) is 11.2. The number of nitrogen functional groups attached to an aromatic ring is 1. The van der Waals surface area contributed by atoms with E-state index in [4.69, 9.17) is 5.73 Å². The normalized spacial score (nSPS) is 9.94. The van der Waals surface area contributed by atoms with Crippen molar-refractivity contribution in [1.29, 1.82) is 0 Å². The highest BCUT2D eigenvalue weighted by Gasteiger charge is 2.04. The van der Waals surface area contributed by atoms with Gasteiger partial charge in [-0.2, -0.15) is 0 Å². The number of rotatable bonds is 2. The van der Waals surface area contributed by atoms with Crippen molar-refractivity contribution in [2.24, 2.45) is 0 Å². The first-order chi connectivity index (χ1) is 8.15. The third-order valence-electron chi connectivity index (χ3n) is 2.48. The molecule has 3 N–H and O–H groups in total. The predicted octanol–water partition coefficient (Wildman–Crippen LogP) is 2.83. The van der Waals surface area contributed by atoms with Crippen molar-refractivity contribution in [3.8, 4) is 0 Å². The molecule has 0 unspecified atom stereocenters. The molecule has 0 saturated carbocycles. The summed E-state index contributed by atoms with van der Waals surface area (Å²) in [6, 6.07) is 14.5. The second-order valence-electron chi connectivity index (χ2n) is 3.94. The van der Waals surface area contributed by atoms with Crippen LogP contribution in [0.25, 0.3) is 0 Å². The molecule has 0 bridgehead atoms. The molecule has 0 saturated heterocycles. The van der Waals surface area contributed by atoms with Crippen LogP contribution in [0.1, 0.15) is 15.9 Å². The molecule has 2 aromatic carbocycles. The summed E-state index contributed by atoms with van der Waals surface area (Å²) >= 11 is 0. The summed E-state index contributed by atoms with van der Waals surface area (Å²) in [5, 5.41) is 2.83. The Morgan fingerprint density at radius 2 is 1.59 bits per heavy atom. The zero-order valence-electron chi connectivity index (χ0n) is 9.60. The van der Waals surface area contributed by atoms with Gasteiger partial charge in [0.05, 0.1) is 0 Å². The number of anilines is 2. The predicted molar refractivity (Wildman–Crippen MR) is 70.0 cm³/mol. The average Bonchev–Trinajstić information content (AvgIpc) is 2.33. The summed E-state index contributed by atoms with van der Waals surface area (Å²) in [6.07, 6.45) is 0.